The van der Waals surface area contributed by atoms with Gasteiger partial charge in [0.25, 0.3) is 0 Å². The Kier molecular flexibility index (Phi) is 4.74. The number of hydrogen-bond acceptors (Lipinski definition) is 3. The van der Waals surface area contributed by atoms with Gasteiger partial charge in [0.05, 0.1) is 10.5 Å². The minimum absolute atomic E-state index is 0.0520. The minimum Gasteiger partial charge on any atom is -0.361 e. The topological polar surface area (TPSA) is 50.9 Å². The van der Waals surface area contributed by atoms with Crippen molar-refractivity contribution in [1.29, 1.82) is 0 Å². The zero-order chi connectivity index (χ0) is 13.0. The second kappa shape index (κ2) is 6.31. The molecule has 18 heavy (non-hydrogen) atoms. The molecule has 0 amide bonds. The molecular formula is C13H13Br2N3. The fourth-order valence-corrected chi connectivity index (χ4v) is 2.75. The molecule has 0 aliphatic rings. The molecule has 0 spiro atoms. The number of nitrogens with zero attached hydrogens (tertiary/aromatic N) is 1. The Morgan fingerprint density at radius 3 is 2.56 bits per heavy atom. The molecule has 0 saturated carbocycles. The minimum atomic E-state index is 0.0520. The van der Waals surface area contributed by atoms with E-state index in [9.17, 15) is 0 Å². The maximum atomic E-state index is 5.82. The second-order valence-corrected chi connectivity index (χ2v) is 5.60. The van der Waals surface area contributed by atoms with Gasteiger partial charge in [0.15, 0.2) is 0 Å². The van der Waals surface area contributed by atoms with E-state index in [2.05, 4.69) is 54.3 Å². The Morgan fingerprint density at radius 1 is 1.22 bits per heavy atom. The monoisotopic (exact) mass is 369 g/mol. The van der Waals surface area contributed by atoms with Crippen molar-refractivity contribution in [2.24, 2.45) is 5.73 Å². The summed E-state index contributed by atoms with van der Waals surface area (Å²) in [5, 5.41) is 3.34. The lowest BCUT2D eigenvalue weighted by molar-refractivity contribution is 0.783. The number of hydrogen-bond donors (Lipinski definition) is 2. The fourth-order valence-electron chi connectivity index (χ4n) is 1.65. The Bertz CT molecular complexity index is 517. The van der Waals surface area contributed by atoms with Gasteiger partial charge in [0, 0.05) is 17.2 Å². The third-order valence-corrected chi connectivity index (χ3v) is 3.59. The molecule has 1 unspecified atom stereocenters. The zero-order valence-corrected chi connectivity index (χ0v) is 12.8. The maximum Gasteiger partial charge on any atom is 0.140 e. The van der Waals surface area contributed by atoms with Crippen LogP contribution in [0.4, 0.5) is 5.82 Å². The van der Waals surface area contributed by atoms with Crippen LogP contribution in [0.25, 0.3) is 0 Å². The summed E-state index contributed by atoms with van der Waals surface area (Å²) in [6.07, 6.45) is 1.76. The zero-order valence-electron chi connectivity index (χ0n) is 9.61. The van der Waals surface area contributed by atoms with Crippen LogP contribution in [0.5, 0.6) is 0 Å². The van der Waals surface area contributed by atoms with E-state index in [1.54, 1.807) is 6.20 Å². The predicted molar refractivity (Wildman–Crippen MR) is 81.5 cm³/mol. The van der Waals surface area contributed by atoms with Gasteiger partial charge < -0.3 is 11.1 Å². The number of rotatable bonds is 4. The molecule has 3 nitrogen and oxygen atoms in total. The summed E-state index contributed by atoms with van der Waals surface area (Å²) in [6.45, 7) is 0.508. The smallest absolute Gasteiger partial charge is 0.140 e. The molecule has 0 radical (unpaired) electrons. The number of anilines is 1. The van der Waals surface area contributed by atoms with Gasteiger partial charge in [-0.05, 0) is 43.5 Å². The lowest BCUT2D eigenvalue weighted by atomic mass is 10.1. The van der Waals surface area contributed by atoms with E-state index in [1.165, 1.54) is 0 Å². The second-order valence-electron chi connectivity index (χ2n) is 3.83. The molecule has 0 saturated heterocycles. The molecule has 1 heterocycles. The summed E-state index contributed by atoms with van der Waals surface area (Å²) in [5.74, 6) is 0.789. The van der Waals surface area contributed by atoms with Gasteiger partial charge in [-0.15, -0.1) is 0 Å². The van der Waals surface area contributed by atoms with Crippen LogP contribution in [0.15, 0.2) is 51.5 Å². The van der Waals surface area contributed by atoms with Gasteiger partial charge in [-0.25, -0.2) is 4.98 Å². The highest BCUT2D eigenvalue weighted by atomic mass is 79.9. The number of halogens is 2. The molecule has 0 aliphatic carbocycles. The average Bonchev–Trinajstić information content (AvgIpc) is 2.39. The first-order valence-corrected chi connectivity index (χ1v) is 7.12. The van der Waals surface area contributed by atoms with Crippen molar-refractivity contribution >= 4 is 37.7 Å². The number of nitrogens with two attached hydrogens (primary N) is 1. The van der Waals surface area contributed by atoms with Crippen molar-refractivity contribution in [2.45, 2.75) is 6.04 Å². The highest BCUT2D eigenvalue weighted by Gasteiger charge is 2.11. The summed E-state index contributed by atoms with van der Waals surface area (Å²) in [7, 11) is 0. The van der Waals surface area contributed by atoms with Crippen molar-refractivity contribution in [3.63, 3.8) is 0 Å². The maximum absolute atomic E-state index is 5.82. The van der Waals surface area contributed by atoms with Crippen molar-refractivity contribution in [2.75, 3.05) is 11.9 Å². The first-order valence-electron chi connectivity index (χ1n) is 5.53. The predicted octanol–water partition coefficient (Wildman–Crippen LogP) is 3.72. The van der Waals surface area contributed by atoms with Crippen LogP contribution in [-0.4, -0.2) is 11.5 Å². The third-order valence-electron chi connectivity index (χ3n) is 2.56. The lowest BCUT2D eigenvalue weighted by Crippen LogP contribution is -2.21. The Morgan fingerprint density at radius 2 is 1.94 bits per heavy atom. The largest absolute Gasteiger partial charge is 0.361 e. The van der Waals surface area contributed by atoms with E-state index < -0.39 is 0 Å². The molecule has 2 rings (SSSR count). The molecule has 94 valence electrons. The quantitative estimate of drug-likeness (QED) is 0.862. The third kappa shape index (κ3) is 3.31. The number of aromatic nitrogens is 1. The van der Waals surface area contributed by atoms with Crippen LogP contribution in [0.2, 0.25) is 0 Å². The molecule has 1 aromatic carbocycles. The van der Waals surface area contributed by atoms with Gasteiger partial charge in [0.2, 0.25) is 0 Å². The highest BCUT2D eigenvalue weighted by Crippen LogP contribution is 2.26. The van der Waals surface area contributed by atoms with Crippen LogP contribution < -0.4 is 11.1 Å². The van der Waals surface area contributed by atoms with Crippen LogP contribution in [0, 0.1) is 0 Å². The van der Waals surface area contributed by atoms with Crippen molar-refractivity contribution in [3.8, 4) is 0 Å². The van der Waals surface area contributed by atoms with Crippen molar-refractivity contribution in [1.82, 2.24) is 4.98 Å². The van der Waals surface area contributed by atoms with Gasteiger partial charge in [0.1, 0.15) is 5.82 Å². The summed E-state index contributed by atoms with van der Waals surface area (Å²) >= 11 is 6.86. The lowest BCUT2D eigenvalue weighted by Gasteiger charge is -2.18. The van der Waals surface area contributed by atoms with E-state index in [0.29, 0.717) is 6.54 Å². The number of benzene rings is 1. The summed E-state index contributed by atoms with van der Waals surface area (Å²) in [5.41, 5.74) is 6.97. The van der Waals surface area contributed by atoms with Crippen LogP contribution in [-0.2, 0) is 0 Å². The molecule has 0 fully saturated rings. The molecule has 1 atom stereocenters. The van der Waals surface area contributed by atoms with Gasteiger partial charge in [-0.3, -0.25) is 0 Å². The standard InChI is InChI=1S/C13H13Br2N3/c14-10-6-11(15)13(17-8-10)18-12(7-16)9-4-2-1-3-5-9/h1-6,8,12H,7,16H2,(H,17,18). The SMILES string of the molecule is NCC(Nc1ncc(Br)cc1Br)c1ccccc1. The van der Waals surface area contributed by atoms with Gasteiger partial charge in [-0.1, -0.05) is 30.3 Å². The van der Waals surface area contributed by atoms with E-state index in [1.807, 2.05) is 24.3 Å². The molecular weight excluding hydrogens is 358 g/mol. The Balaban J connectivity index is 2.21. The first-order chi connectivity index (χ1) is 8.70. The fraction of sp³-hybridized carbons (Fsp3) is 0.154. The summed E-state index contributed by atoms with van der Waals surface area (Å²) < 4.78 is 1.84. The molecule has 0 aliphatic heterocycles. The summed E-state index contributed by atoms with van der Waals surface area (Å²) in [6, 6.07) is 12.1. The highest BCUT2D eigenvalue weighted by molar-refractivity contribution is 9.11. The van der Waals surface area contributed by atoms with Crippen molar-refractivity contribution < 1.29 is 0 Å². The average molecular weight is 371 g/mol. The molecule has 5 heteroatoms. The summed E-state index contributed by atoms with van der Waals surface area (Å²) in [4.78, 5) is 4.33. The number of nitrogens with one attached hydrogen (secondary N) is 1. The van der Waals surface area contributed by atoms with Crippen LogP contribution in [0.3, 0.4) is 0 Å². The van der Waals surface area contributed by atoms with E-state index in [-0.39, 0.29) is 6.04 Å². The molecule has 2 aromatic rings. The van der Waals surface area contributed by atoms with E-state index in [4.69, 9.17) is 5.73 Å². The molecule has 1 aromatic heterocycles. The molecule has 0 bridgehead atoms. The Hall–Kier alpha value is -0.910. The van der Waals surface area contributed by atoms with Crippen LogP contribution in [0.1, 0.15) is 11.6 Å². The van der Waals surface area contributed by atoms with E-state index >= 15 is 0 Å². The van der Waals surface area contributed by atoms with Gasteiger partial charge >= 0.3 is 0 Å². The van der Waals surface area contributed by atoms with Crippen molar-refractivity contribution in [3.05, 3.63) is 57.1 Å². The normalized spacial score (nSPS) is 12.2. The Labute approximate surface area is 123 Å². The van der Waals surface area contributed by atoms with Crippen LogP contribution >= 0.6 is 31.9 Å². The van der Waals surface area contributed by atoms with Gasteiger partial charge in [-0.2, -0.15) is 0 Å². The first kappa shape index (κ1) is 13.5. The van der Waals surface area contributed by atoms with E-state index in [0.717, 1.165) is 20.3 Å². The molecule has 3 N–H and O–H groups in total. The number of pyridine rings is 1.